The standard InChI is InChI=1S/C19H26N6O6S/c1-10(2)6-20-18(31)12(3-4-16(28)29)23-13(26)7-21-17(30)11-5-15(32-9-11)25-19-22-8-14(27)24-19/h5,9-10,12H,3-4,6-8H2,1-2H3,(H,20,31)(H,21,30)(H,23,26)(H,28,29)(H2,22,24,25,27). The number of anilines is 1. The van der Waals surface area contributed by atoms with Crippen LogP contribution in [0.25, 0.3) is 0 Å². The molecule has 2 rings (SSSR count). The number of hydrogen-bond acceptors (Lipinski definition) is 8. The minimum Gasteiger partial charge on any atom is -0.481 e. The maximum Gasteiger partial charge on any atom is 0.303 e. The lowest BCUT2D eigenvalue weighted by Gasteiger charge is -2.18. The van der Waals surface area contributed by atoms with E-state index >= 15 is 0 Å². The molecule has 0 saturated carbocycles. The van der Waals surface area contributed by atoms with Crippen LogP contribution in [0.2, 0.25) is 0 Å². The molecule has 1 aromatic rings. The van der Waals surface area contributed by atoms with E-state index < -0.39 is 29.7 Å². The normalized spacial score (nSPS) is 13.7. The summed E-state index contributed by atoms with van der Waals surface area (Å²) in [5.41, 5.74) is 0.298. The summed E-state index contributed by atoms with van der Waals surface area (Å²) in [6, 6.07) is 0.522. The van der Waals surface area contributed by atoms with Crippen LogP contribution in [0.1, 0.15) is 37.0 Å². The number of aliphatic carboxylic acids is 1. The highest BCUT2D eigenvalue weighted by Gasteiger charge is 2.22. The van der Waals surface area contributed by atoms with Crippen molar-refractivity contribution in [3.8, 4) is 0 Å². The van der Waals surface area contributed by atoms with Gasteiger partial charge in [-0.15, -0.1) is 11.3 Å². The molecule has 0 saturated heterocycles. The Hall–Kier alpha value is -3.48. The van der Waals surface area contributed by atoms with Crippen molar-refractivity contribution in [3.63, 3.8) is 0 Å². The van der Waals surface area contributed by atoms with E-state index in [0.717, 1.165) is 0 Å². The molecule has 1 atom stereocenters. The van der Waals surface area contributed by atoms with Crippen molar-refractivity contribution >= 4 is 51.9 Å². The number of carboxylic acid groups (broad SMARTS) is 1. The second-order valence-electron chi connectivity index (χ2n) is 7.41. The van der Waals surface area contributed by atoms with E-state index in [9.17, 15) is 24.0 Å². The van der Waals surface area contributed by atoms with E-state index in [4.69, 9.17) is 5.11 Å². The first-order valence-corrected chi connectivity index (χ1v) is 10.8. The summed E-state index contributed by atoms with van der Waals surface area (Å²) in [6.07, 6.45) is -0.359. The Balaban J connectivity index is 1.84. The quantitative estimate of drug-likeness (QED) is 0.254. The van der Waals surface area contributed by atoms with Crippen LogP contribution in [0, 0.1) is 5.92 Å². The number of aliphatic imine (C=N–C) groups is 1. The monoisotopic (exact) mass is 466 g/mol. The molecule has 0 spiro atoms. The maximum absolute atomic E-state index is 12.3. The van der Waals surface area contributed by atoms with Crippen LogP contribution in [0.15, 0.2) is 16.4 Å². The number of thiophene rings is 1. The molecule has 0 aromatic carbocycles. The van der Waals surface area contributed by atoms with Gasteiger partial charge in [-0.2, -0.15) is 0 Å². The fourth-order valence-electron chi connectivity index (χ4n) is 2.54. The summed E-state index contributed by atoms with van der Waals surface area (Å²) in [7, 11) is 0. The number of carbonyl (C=O) groups excluding carboxylic acids is 4. The Labute approximate surface area is 188 Å². The zero-order valence-corrected chi connectivity index (χ0v) is 18.5. The predicted molar refractivity (Wildman–Crippen MR) is 117 cm³/mol. The SMILES string of the molecule is CC(C)CNC(=O)C(CCC(=O)O)NC(=O)CNC(=O)c1csc(NC2=NCC(=O)N2)c1. The number of rotatable bonds is 11. The lowest BCUT2D eigenvalue weighted by Crippen LogP contribution is -2.50. The minimum absolute atomic E-state index is 0.0408. The van der Waals surface area contributed by atoms with Crippen molar-refractivity contribution in [2.75, 3.05) is 25.0 Å². The smallest absolute Gasteiger partial charge is 0.303 e. The van der Waals surface area contributed by atoms with Crippen LogP contribution in [-0.2, 0) is 19.2 Å². The Morgan fingerprint density at radius 3 is 2.62 bits per heavy atom. The molecular formula is C19H26N6O6S. The number of hydrogen-bond donors (Lipinski definition) is 6. The van der Waals surface area contributed by atoms with Crippen molar-refractivity contribution < 1.29 is 29.1 Å². The molecule has 12 nitrogen and oxygen atoms in total. The molecule has 32 heavy (non-hydrogen) atoms. The molecular weight excluding hydrogens is 440 g/mol. The van der Waals surface area contributed by atoms with Gasteiger partial charge in [0.15, 0.2) is 0 Å². The van der Waals surface area contributed by atoms with Crippen LogP contribution in [0.4, 0.5) is 5.00 Å². The third-order valence-corrected chi connectivity index (χ3v) is 4.98. The summed E-state index contributed by atoms with van der Waals surface area (Å²) >= 11 is 1.22. The molecule has 0 radical (unpaired) electrons. The van der Waals surface area contributed by atoms with Gasteiger partial charge in [-0.3, -0.25) is 29.3 Å². The number of amides is 4. The Morgan fingerprint density at radius 1 is 1.25 bits per heavy atom. The van der Waals surface area contributed by atoms with Crippen molar-refractivity contribution in [2.24, 2.45) is 10.9 Å². The van der Waals surface area contributed by atoms with E-state index in [0.29, 0.717) is 23.1 Å². The maximum atomic E-state index is 12.3. The first-order chi connectivity index (χ1) is 15.1. The lowest BCUT2D eigenvalue weighted by atomic mass is 10.1. The molecule has 1 aliphatic heterocycles. The Kier molecular flexibility index (Phi) is 9.13. The van der Waals surface area contributed by atoms with Gasteiger partial charge in [-0.25, -0.2) is 4.99 Å². The van der Waals surface area contributed by atoms with Crippen molar-refractivity contribution in [2.45, 2.75) is 32.7 Å². The molecule has 0 fully saturated rings. The molecule has 13 heteroatoms. The van der Waals surface area contributed by atoms with Crippen LogP contribution < -0.4 is 26.6 Å². The van der Waals surface area contributed by atoms with Gasteiger partial charge in [0.2, 0.25) is 23.7 Å². The van der Waals surface area contributed by atoms with E-state index in [1.54, 1.807) is 11.4 Å². The van der Waals surface area contributed by atoms with Gasteiger partial charge in [0.05, 0.1) is 17.1 Å². The third-order valence-electron chi connectivity index (χ3n) is 4.13. The van der Waals surface area contributed by atoms with Crippen molar-refractivity contribution in [3.05, 3.63) is 17.0 Å². The fraction of sp³-hybridized carbons (Fsp3) is 0.474. The fourth-order valence-corrected chi connectivity index (χ4v) is 3.32. The second kappa shape index (κ2) is 11.8. The minimum atomic E-state index is -1.08. The van der Waals surface area contributed by atoms with Crippen LogP contribution in [-0.4, -0.2) is 66.3 Å². The number of carbonyl (C=O) groups is 5. The molecule has 0 aliphatic carbocycles. The first kappa shape index (κ1) is 24.8. The highest BCUT2D eigenvalue weighted by molar-refractivity contribution is 7.14. The number of nitrogens with one attached hydrogen (secondary N) is 5. The predicted octanol–water partition coefficient (Wildman–Crippen LogP) is -0.503. The summed E-state index contributed by atoms with van der Waals surface area (Å²) in [4.78, 5) is 62.7. The van der Waals surface area contributed by atoms with E-state index in [2.05, 4.69) is 31.6 Å². The average Bonchev–Trinajstić information content (AvgIpc) is 3.36. The highest BCUT2D eigenvalue weighted by Crippen LogP contribution is 2.20. The van der Waals surface area contributed by atoms with Crippen LogP contribution >= 0.6 is 11.3 Å². The second-order valence-corrected chi connectivity index (χ2v) is 8.32. The van der Waals surface area contributed by atoms with E-state index in [1.165, 1.54) is 11.3 Å². The number of guanidine groups is 1. The zero-order chi connectivity index (χ0) is 23.7. The van der Waals surface area contributed by atoms with Gasteiger partial charge in [-0.1, -0.05) is 13.8 Å². The highest BCUT2D eigenvalue weighted by atomic mass is 32.1. The summed E-state index contributed by atoms with van der Waals surface area (Å²) < 4.78 is 0. The first-order valence-electron chi connectivity index (χ1n) is 9.91. The summed E-state index contributed by atoms with van der Waals surface area (Å²) in [5.74, 6) is -2.43. The largest absolute Gasteiger partial charge is 0.481 e. The molecule has 1 aromatic heterocycles. The molecule has 6 N–H and O–H groups in total. The summed E-state index contributed by atoms with van der Waals surface area (Å²) in [5, 5.41) is 24.0. The lowest BCUT2D eigenvalue weighted by molar-refractivity contribution is -0.138. The van der Waals surface area contributed by atoms with E-state index in [-0.39, 0.29) is 37.8 Å². The summed E-state index contributed by atoms with van der Waals surface area (Å²) in [6.45, 7) is 3.85. The Morgan fingerprint density at radius 2 is 2.00 bits per heavy atom. The van der Waals surface area contributed by atoms with Crippen molar-refractivity contribution in [1.82, 2.24) is 21.3 Å². The van der Waals surface area contributed by atoms with E-state index in [1.807, 2.05) is 13.8 Å². The van der Waals surface area contributed by atoms with Gasteiger partial charge < -0.3 is 26.4 Å². The number of nitrogens with zero attached hydrogens (tertiary/aromatic N) is 1. The van der Waals surface area contributed by atoms with Crippen molar-refractivity contribution in [1.29, 1.82) is 0 Å². The molecule has 4 amide bonds. The molecule has 1 unspecified atom stereocenters. The molecule has 0 bridgehead atoms. The van der Waals surface area contributed by atoms with Crippen LogP contribution in [0.3, 0.4) is 0 Å². The van der Waals surface area contributed by atoms with Gasteiger partial charge in [0, 0.05) is 18.3 Å². The Bertz CT molecular complexity index is 912. The van der Waals surface area contributed by atoms with Gasteiger partial charge in [0.25, 0.3) is 5.91 Å². The van der Waals surface area contributed by atoms with Gasteiger partial charge >= 0.3 is 5.97 Å². The topological polar surface area (TPSA) is 178 Å². The van der Waals surface area contributed by atoms with Gasteiger partial charge in [-0.05, 0) is 18.4 Å². The number of carboxylic acids is 1. The average molecular weight is 467 g/mol. The third kappa shape index (κ3) is 8.34. The zero-order valence-electron chi connectivity index (χ0n) is 17.7. The molecule has 2 heterocycles. The molecule has 174 valence electrons. The molecule has 1 aliphatic rings. The van der Waals surface area contributed by atoms with Crippen LogP contribution in [0.5, 0.6) is 0 Å². The van der Waals surface area contributed by atoms with Gasteiger partial charge in [0.1, 0.15) is 12.6 Å².